The van der Waals surface area contributed by atoms with Crippen LogP contribution in [0.3, 0.4) is 0 Å². The Morgan fingerprint density at radius 2 is 1.79 bits per heavy atom. The first-order chi connectivity index (χ1) is 22.9. The van der Waals surface area contributed by atoms with Gasteiger partial charge >= 0.3 is 0 Å². The average molecular weight is 690 g/mol. The lowest BCUT2D eigenvalue weighted by Gasteiger charge is -2.40. The van der Waals surface area contributed by atoms with Crippen molar-refractivity contribution in [1.82, 2.24) is 4.98 Å². The van der Waals surface area contributed by atoms with E-state index < -0.39 is 10.1 Å². The maximum absolute atomic E-state index is 13.5. The molecule has 1 amide bonds. The average Bonchev–Trinajstić information content (AvgIpc) is 3.38. The van der Waals surface area contributed by atoms with Crippen molar-refractivity contribution in [3.05, 3.63) is 93.4 Å². The highest BCUT2D eigenvalue weighted by Gasteiger charge is 2.28. The summed E-state index contributed by atoms with van der Waals surface area (Å²) in [7, 11) is -0.715. The maximum atomic E-state index is 13.5. The van der Waals surface area contributed by atoms with E-state index >= 15 is 0 Å². The highest BCUT2D eigenvalue weighted by molar-refractivity contribution is 7.85. The lowest BCUT2D eigenvalue weighted by molar-refractivity contribution is 0.0789. The Labute approximate surface area is 282 Å². The molecule has 1 saturated heterocycles. The van der Waals surface area contributed by atoms with Crippen LogP contribution in [0.2, 0.25) is 0 Å². The number of fused-ring (bicyclic) bond motifs is 2. The van der Waals surface area contributed by atoms with Crippen molar-refractivity contribution in [3.8, 4) is 0 Å². The minimum atomic E-state index is -4.02. The topological polar surface area (TPSA) is 152 Å². The van der Waals surface area contributed by atoms with Crippen LogP contribution in [0.15, 0.2) is 65.6 Å². The number of ether oxygens (including phenoxy) is 2. The van der Waals surface area contributed by atoms with Crippen LogP contribution in [0.4, 0.5) is 11.5 Å². The second-order valence-electron chi connectivity index (χ2n) is 11.4. The van der Waals surface area contributed by atoms with Crippen molar-refractivity contribution >= 4 is 71.9 Å². The van der Waals surface area contributed by atoms with Crippen LogP contribution in [0.5, 0.6) is 0 Å². The Hall–Kier alpha value is -4.53. The number of benzene rings is 3. The highest BCUT2D eigenvalue weighted by atomic mass is 32.2. The molecule has 0 unspecified atom stereocenters. The first-order valence-electron chi connectivity index (χ1n) is 14.9. The number of ketones is 1. The van der Waals surface area contributed by atoms with E-state index in [9.17, 15) is 22.8 Å². The number of thiophene rings is 1. The number of aldehydes is 1. The largest absolute Gasteiger partial charge is 0.380 e. The number of anilines is 2. The molecule has 250 valence electrons. The highest BCUT2D eigenvalue weighted by Crippen LogP contribution is 2.37. The van der Waals surface area contributed by atoms with Crippen molar-refractivity contribution in [1.29, 1.82) is 0 Å². The van der Waals surface area contributed by atoms with Gasteiger partial charge in [-0.1, -0.05) is 29.8 Å². The van der Waals surface area contributed by atoms with Crippen molar-refractivity contribution in [2.45, 2.75) is 38.4 Å². The molecular formula is C35H35N3O8S2. The second kappa shape index (κ2) is 14.3. The number of carbonyl (C=O) groups excluding carboxylic acids is 3. The molecule has 0 aliphatic carbocycles. The number of aromatic nitrogens is 1. The zero-order valence-corrected chi connectivity index (χ0v) is 28.7. The monoisotopic (exact) mass is 689 g/mol. The number of Topliss-reactive ketones (excluding diaryl/α,β-unsaturated/α-hetero) is 1. The summed E-state index contributed by atoms with van der Waals surface area (Å²) in [4.78, 5) is 45.0. The molecule has 1 aliphatic rings. The number of amides is 1. The van der Waals surface area contributed by atoms with Crippen molar-refractivity contribution < 1.29 is 36.8 Å². The number of carbonyl (C=O) groups is 3. The van der Waals surface area contributed by atoms with E-state index in [0.717, 1.165) is 50.9 Å². The van der Waals surface area contributed by atoms with Gasteiger partial charge in [0.25, 0.3) is 16.0 Å². The number of nitrogens with one attached hydrogen (secondary N) is 1. The van der Waals surface area contributed by atoms with Gasteiger partial charge in [0.05, 0.1) is 33.6 Å². The molecule has 13 heteroatoms. The van der Waals surface area contributed by atoms with Gasteiger partial charge in [-0.2, -0.15) is 8.42 Å². The Bertz CT molecular complexity index is 2140. The summed E-state index contributed by atoms with van der Waals surface area (Å²) in [5, 5.41) is 4.53. The van der Waals surface area contributed by atoms with Gasteiger partial charge in [-0.25, -0.2) is 4.98 Å². The zero-order chi connectivity index (χ0) is 34.7. The van der Waals surface area contributed by atoms with Gasteiger partial charge in [0, 0.05) is 54.0 Å². The molecule has 1 fully saturated rings. The van der Waals surface area contributed by atoms with Crippen LogP contribution in [-0.2, 0) is 26.2 Å². The molecule has 0 atom stereocenters. The third-order valence-corrected chi connectivity index (χ3v) is 10.3. The molecule has 5 aromatic rings. The van der Waals surface area contributed by atoms with Gasteiger partial charge in [0.1, 0.15) is 5.82 Å². The summed E-state index contributed by atoms with van der Waals surface area (Å²) < 4.78 is 41.0. The lowest BCUT2D eigenvalue weighted by atomic mass is 10.0. The van der Waals surface area contributed by atoms with Crippen LogP contribution in [0.25, 0.3) is 21.0 Å². The summed E-state index contributed by atoms with van der Waals surface area (Å²) >= 11 is 1.26. The van der Waals surface area contributed by atoms with Crippen molar-refractivity contribution in [2.75, 3.05) is 37.5 Å². The van der Waals surface area contributed by atoms with Gasteiger partial charge < -0.3 is 19.7 Å². The number of rotatable bonds is 9. The van der Waals surface area contributed by atoms with E-state index in [1.54, 1.807) is 38.5 Å². The van der Waals surface area contributed by atoms with Crippen LogP contribution >= 0.6 is 11.3 Å². The van der Waals surface area contributed by atoms with E-state index in [1.165, 1.54) is 30.4 Å². The van der Waals surface area contributed by atoms with Crippen LogP contribution in [-0.4, -0.2) is 69.3 Å². The number of methoxy groups -OCH3 is 2. The van der Waals surface area contributed by atoms with Gasteiger partial charge in [-0.3, -0.25) is 18.9 Å². The van der Waals surface area contributed by atoms with Crippen molar-refractivity contribution in [3.63, 3.8) is 0 Å². The van der Waals surface area contributed by atoms with E-state index in [4.69, 9.17) is 14.0 Å². The summed E-state index contributed by atoms with van der Waals surface area (Å²) in [6, 6.07) is 17.2. The van der Waals surface area contributed by atoms with Gasteiger partial charge in [-0.15, -0.1) is 11.3 Å². The molecule has 3 heterocycles. The fourth-order valence-electron chi connectivity index (χ4n) is 5.52. The quantitative estimate of drug-likeness (QED) is 0.103. The Morgan fingerprint density at radius 1 is 1.08 bits per heavy atom. The van der Waals surface area contributed by atoms with Crippen LogP contribution in [0.1, 0.15) is 54.0 Å². The third kappa shape index (κ3) is 7.15. The fraction of sp³-hybridized carbons (Fsp3) is 0.257. The minimum Gasteiger partial charge on any atom is -0.380 e. The molecule has 2 N–H and O–H groups in total. The van der Waals surface area contributed by atoms with Crippen LogP contribution in [0, 0.1) is 13.8 Å². The van der Waals surface area contributed by atoms with E-state index in [0.29, 0.717) is 34.4 Å². The summed E-state index contributed by atoms with van der Waals surface area (Å²) in [5.74, 6) is -0.256. The maximum Gasteiger partial charge on any atom is 0.294 e. The molecule has 0 radical (unpaired) electrons. The van der Waals surface area contributed by atoms with Gasteiger partial charge in [0.15, 0.2) is 12.1 Å². The molecule has 48 heavy (non-hydrogen) atoms. The molecule has 1 aliphatic heterocycles. The SMILES string of the molecule is COCc1ccc(C(C)=O)c2sc(C(=O)Nc3nc4cccc(N5CC(OC)C5)c4cc3C=O)c(C)c12.Cc1ccc(S(=O)(=O)O)cc1. The van der Waals surface area contributed by atoms with E-state index in [-0.39, 0.29) is 28.5 Å². The molecule has 3 aromatic carbocycles. The fourth-order valence-corrected chi connectivity index (χ4v) is 7.31. The number of nitrogens with zero attached hydrogens (tertiary/aromatic N) is 2. The Balaban J connectivity index is 0.000000349. The number of aryl methyl sites for hydroxylation is 2. The minimum absolute atomic E-state index is 0.0666. The number of pyridine rings is 1. The van der Waals surface area contributed by atoms with E-state index in [1.807, 2.05) is 38.1 Å². The summed E-state index contributed by atoms with van der Waals surface area (Å²) in [6.07, 6.45) is 0.889. The van der Waals surface area contributed by atoms with E-state index in [2.05, 4.69) is 15.2 Å². The number of hydrogen-bond acceptors (Lipinski definition) is 10. The Kier molecular flexibility index (Phi) is 10.4. The standard InChI is InChI=1S/C28H27N3O5S.C7H8O3S/c1-15-24-17(14-35-3)8-9-20(16(2)33)26(24)37-25(15)28(34)30-27-18(13-32)10-21-22(29-27)6-5-7-23(21)31-11-19(12-31)36-4;1-6-2-4-7(5-3-6)11(8,9)10/h5-10,13,19H,11-12,14H2,1-4H3,(H,29,30,34);2-5H,1H3,(H,8,9,10). The van der Waals surface area contributed by atoms with Gasteiger partial charge in [-0.05, 0) is 68.3 Å². The molecule has 0 bridgehead atoms. The molecular weight excluding hydrogens is 655 g/mol. The normalized spacial score (nSPS) is 13.2. The third-order valence-electron chi connectivity index (χ3n) is 8.11. The molecule has 0 spiro atoms. The molecule has 11 nitrogen and oxygen atoms in total. The summed E-state index contributed by atoms with van der Waals surface area (Å²) in [5.41, 5.74) is 5.12. The van der Waals surface area contributed by atoms with Crippen molar-refractivity contribution in [2.24, 2.45) is 0 Å². The first kappa shape index (κ1) is 34.8. The molecule has 2 aromatic heterocycles. The second-order valence-corrected chi connectivity index (χ2v) is 13.9. The first-order valence-corrected chi connectivity index (χ1v) is 17.2. The van der Waals surface area contributed by atoms with Crippen LogP contribution < -0.4 is 10.2 Å². The number of hydrogen-bond donors (Lipinski definition) is 2. The van der Waals surface area contributed by atoms with Gasteiger partial charge in [0.2, 0.25) is 0 Å². The molecule has 6 rings (SSSR count). The predicted octanol–water partition coefficient (Wildman–Crippen LogP) is 6.25. The molecule has 0 saturated carbocycles. The summed E-state index contributed by atoms with van der Waals surface area (Å²) in [6.45, 7) is 7.11. The zero-order valence-electron chi connectivity index (χ0n) is 27.1. The smallest absolute Gasteiger partial charge is 0.294 e. The lowest BCUT2D eigenvalue weighted by Crippen LogP contribution is -2.51. The predicted molar refractivity (Wildman–Crippen MR) is 186 cm³/mol. The Morgan fingerprint density at radius 3 is 2.40 bits per heavy atom.